The van der Waals surface area contributed by atoms with Gasteiger partial charge >= 0.3 is 0 Å². The maximum atomic E-state index is 8.82. The molecule has 0 bridgehead atoms. The maximum absolute atomic E-state index is 8.82. The first-order chi connectivity index (χ1) is 6.22. The summed E-state index contributed by atoms with van der Waals surface area (Å²) in [4.78, 5) is 1.19. The van der Waals surface area contributed by atoms with Gasteiger partial charge in [0.25, 0.3) is 0 Å². The van der Waals surface area contributed by atoms with Crippen molar-refractivity contribution in [3.63, 3.8) is 0 Å². The van der Waals surface area contributed by atoms with Crippen molar-refractivity contribution >= 4 is 27.7 Å². The Hall–Kier alpha value is -0.250. The van der Waals surface area contributed by atoms with E-state index in [9.17, 15) is 0 Å². The van der Waals surface area contributed by atoms with Crippen molar-refractivity contribution in [1.29, 1.82) is 0 Å². The second kappa shape index (κ2) is 5.47. The van der Waals surface area contributed by atoms with E-state index in [1.54, 1.807) is 11.8 Å². The predicted molar refractivity (Wildman–Crippen MR) is 61.2 cm³/mol. The number of aliphatic hydroxyl groups is 1. The molecule has 0 unspecified atom stereocenters. The van der Waals surface area contributed by atoms with Crippen molar-refractivity contribution < 1.29 is 5.11 Å². The molecule has 1 rings (SSSR count). The van der Waals surface area contributed by atoms with Gasteiger partial charge in [-0.3, -0.25) is 0 Å². The Morgan fingerprint density at radius 1 is 1.38 bits per heavy atom. The highest BCUT2D eigenvalue weighted by Crippen LogP contribution is 2.22. The minimum absolute atomic E-state index is 0.107. The van der Waals surface area contributed by atoms with Gasteiger partial charge in [-0.25, -0.2) is 0 Å². The third kappa shape index (κ3) is 3.98. The number of halogens is 1. The summed E-state index contributed by atoms with van der Waals surface area (Å²) < 4.78 is 0.990. The molecule has 0 aromatic heterocycles. The normalized spacial score (nSPS) is 10.0. The molecule has 0 aliphatic heterocycles. The molecule has 0 aliphatic rings. The lowest BCUT2D eigenvalue weighted by Gasteiger charge is -2.01. The van der Waals surface area contributed by atoms with Crippen molar-refractivity contribution in [2.75, 3.05) is 5.75 Å². The second-order valence-corrected chi connectivity index (χ2v) is 4.78. The zero-order valence-electron chi connectivity index (χ0n) is 7.16. The first-order valence-electron chi connectivity index (χ1n) is 3.88. The van der Waals surface area contributed by atoms with Crippen LogP contribution in [0.2, 0.25) is 0 Å². The van der Waals surface area contributed by atoms with Crippen molar-refractivity contribution in [3.05, 3.63) is 40.9 Å². The zero-order chi connectivity index (χ0) is 9.68. The molecule has 1 aromatic carbocycles. The van der Waals surface area contributed by atoms with Crippen LogP contribution >= 0.6 is 27.7 Å². The Labute approximate surface area is 91.0 Å². The molecule has 0 aliphatic carbocycles. The lowest BCUT2D eigenvalue weighted by Crippen LogP contribution is -1.82. The van der Waals surface area contributed by atoms with Crippen LogP contribution in [0.1, 0.15) is 5.56 Å². The van der Waals surface area contributed by atoms with Crippen molar-refractivity contribution in [1.82, 2.24) is 0 Å². The summed E-state index contributed by atoms with van der Waals surface area (Å²) in [5.41, 5.74) is 0.946. The van der Waals surface area contributed by atoms with E-state index >= 15 is 0 Å². The predicted octanol–water partition coefficient (Wildman–Crippen LogP) is 3.18. The molecule has 0 saturated heterocycles. The van der Waals surface area contributed by atoms with Crippen LogP contribution in [-0.4, -0.2) is 10.9 Å². The first-order valence-corrected chi connectivity index (χ1v) is 5.66. The van der Waals surface area contributed by atoms with Crippen LogP contribution in [0.4, 0.5) is 0 Å². The van der Waals surface area contributed by atoms with Crippen LogP contribution in [0.15, 0.2) is 40.2 Å². The topological polar surface area (TPSA) is 20.2 Å². The first kappa shape index (κ1) is 10.8. The number of benzene rings is 1. The van der Waals surface area contributed by atoms with E-state index in [-0.39, 0.29) is 6.61 Å². The molecule has 0 radical (unpaired) electrons. The van der Waals surface area contributed by atoms with E-state index in [4.69, 9.17) is 5.11 Å². The summed E-state index contributed by atoms with van der Waals surface area (Å²) in [6.45, 7) is 3.87. The van der Waals surface area contributed by atoms with Crippen LogP contribution in [-0.2, 0) is 6.61 Å². The molecule has 0 amide bonds. The van der Waals surface area contributed by atoms with Crippen molar-refractivity contribution in [3.8, 4) is 0 Å². The number of hydrogen-bond acceptors (Lipinski definition) is 2. The van der Waals surface area contributed by atoms with E-state index < -0.39 is 0 Å². The Morgan fingerprint density at radius 2 is 2.00 bits per heavy atom. The number of aliphatic hydroxyl groups excluding tert-OH is 1. The zero-order valence-corrected chi connectivity index (χ0v) is 9.57. The Balaban J connectivity index is 2.54. The molecule has 0 fully saturated rings. The lowest BCUT2D eigenvalue weighted by molar-refractivity contribution is 0.282. The number of thioether (sulfide) groups is 1. The molecular weight excluding hydrogens is 248 g/mol. The molecular formula is C10H11BrOS. The highest BCUT2D eigenvalue weighted by Gasteiger charge is 1.95. The minimum atomic E-state index is 0.107. The summed E-state index contributed by atoms with van der Waals surface area (Å²) in [7, 11) is 0. The van der Waals surface area contributed by atoms with Gasteiger partial charge in [-0.05, 0) is 22.2 Å². The van der Waals surface area contributed by atoms with Gasteiger partial charge in [-0.15, -0.1) is 11.8 Å². The van der Waals surface area contributed by atoms with Gasteiger partial charge in [0, 0.05) is 10.6 Å². The summed E-state index contributed by atoms with van der Waals surface area (Å²) in [6.07, 6.45) is 0. The standard InChI is InChI=1S/C10H11BrOS/c1-8(11)7-13-10-4-2-9(6-12)3-5-10/h2-5,12H,1,6-7H2. The van der Waals surface area contributed by atoms with Crippen LogP contribution < -0.4 is 0 Å². The molecule has 1 N–H and O–H groups in total. The molecule has 0 saturated carbocycles. The molecule has 0 atom stereocenters. The summed E-state index contributed by atoms with van der Waals surface area (Å²) >= 11 is 5.02. The minimum Gasteiger partial charge on any atom is -0.392 e. The number of rotatable bonds is 4. The lowest BCUT2D eigenvalue weighted by atomic mass is 10.2. The fourth-order valence-electron chi connectivity index (χ4n) is 0.853. The van der Waals surface area contributed by atoms with Crippen molar-refractivity contribution in [2.24, 2.45) is 0 Å². The molecule has 0 spiro atoms. The van der Waals surface area contributed by atoms with E-state index in [2.05, 4.69) is 22.5 Å². The van der Waals surface area contributed by atoms with Crippen LogP contribution in [0.3, 0.4) is 0 Å². The Kier molecular flexibility index (Phi) is 4.56. The van der Waals surface area contributed by atoms with Crippen LogP contribution in [0, 0.1) is 0 Å². The van der Waals surface area contributed by atoms with Crippen molar-refractivity contribution in [2.45, 2.75) is 11.5 Å². The summed E-state index contributed by atoms with van der Waals surface area (Å²) in [5.74, 6) is 0.873. The Morgan fingerprint density at radius 3 is 2.46 bits per heavy atom. The van der Waals surface area contributed by atoms with Gasteiger partial charge in [0.05, 0.1) is 6.61 Å². The summed E-state index contributed by atoms with van der Waals surface area (Å²) in [5, 5.41) is 8.82. The van der Waals surface area contributed by atoms with Gasteiger partial charge in [0.1, 0.15) is 0 Å². The third-order valence-electron chi connectivity index (χ3n) is 1.50. The second-order valence-electron chi connectivity index (χ2n) is 2.61. The highest BCUT2D eigenvalue weighted by atomic mass is 79.9. The fourth-order valence-corrected chi connectivity index (χ4v) is 1.85. The van der Waals surface area contributed by atoms with Gasteiger partial charge in [-0.2, -0.15) is 0 Å². The average Bonchev–Trinajstić information content (AvgIpc) is 2.15. The van der Waals surface area contributed by atoms with Gasteiger partial charge in [0.2, 0.25) is 0 Å². The quantitative estimate of drug-likeness (QED) is 0.838. The van der Waals surface area contributed by atoms with Crippen LogP contribution in [0.25, 0.3) is 0 Å². The van der Waals surface area contributed by atoms with E-state index in [0.717, 1.165) is 15.8 Å². The van der Waals surface area contributed by atoms with Crippen LogP contribution in [0.5, 0.6) is 0 Å². The SMILES string of the molecule is C=C(Br)CSc1ccc(CO)cc1. The third-order valence-corrected chi connectivity index (χ3v) is 3.25. The highest BCUT2D eigenvalue weighted by molar-refractivity contribution is 9.11. The molecule has 70 valence electrons. The summed E-state index contributed by atoms with van der Waals surface area (Å²) in [6, 6.07) is 7.87. The monoisotopic (exact) mass is 258 g/mol. The smallest absolute Gasteiger partial charge is 0.0681 e. The average molecular weight is 259 g/mol. The van der Waals surface area contributed by atoms with E-state index in [1.165, 1.54) is 4.90 Å². The van der Waals surface area contributed by atoms with E-state index in [1.807, 2.05) is 24.3 Å². The molecule has 3 heteroatoms. The molecule has 1 nitrogen and oxygen atoms in total. The van der Waals surface area contributed by atoms with Gasteiger partial charge in [0.15, 0.2) is 0 Å². The van der Waals surface area contributed by atoms with E-state index in [0.29, 0.717) is 0 Å². The van der Waals surface area contributed by atoms with Gasteiger partial charge < -0.3 is 5.11 Å². The maximum Gasteiger partial charge on any atom is 0.0681 e. The molecule has 0 heterocycles. The Bertz CT molecular complexity index is 281. The molecule has 13 heavy (non-hydrogen) atoms. The van der Waals surface area contributed by atoms with Gasteiger partial charge in [-0.1, -0.05) is 34.6 Å². The molecule has 1 aromatic rings. The fraction of sp³-hybridized carbons (Fsp3) is 0.200. The largest absolute Gasteiger partial charge is 0.392 e. The number of hydrogen-bond donors (Lipinski definition) is 1.